The summed E-state index contributed by atoms with van der Waals surface area (Å²) in [5.41, 5.74) is 2.27. The van der Waals surface area contributed by atoms with Crippen molar-refractivity contribution in [1.82, 2.24) is 0 Å². The summed E-state index contributed by atoms with van der Waals surface area (Å²) in [6.07, 6.45) is 5.02. The number of halogens is 2. The zero-order valence-electron chi connectivity index (χ0n) is 12.7. The van der Waals surface area contributed by atoms with Crippen molar-refractivity contribution in [2.45, 2.75) is 38.5 Å². The third-order valence-electron chi connectivity index (χ3n) is 4.39. The zero-order valence-corrected chi connectivity index (χ0v) is 12.7. The SMILES string of the molecule is CCOc1ccc(-c2ccc(C3CCCC3)cc2)c(F)c1F. The molecule has 2 aromatic carbocycles. The zero-order chi connectivity index (χ0) is 15.5. The standard InChI is InChI=1S/C19H20F2O/c1-2-22-17-12-11-16(18(20)19(17)21)15-9-7-14(8-10-15)13-5-3-4-6-13/h7-13H,2-6H2,1H3. The van der Waals surface area contributed by atoms with Crippen LogP contribution in [0.1, 0.15) is 44.1 Å². The predicted octanol–water partition coefficient (Wildman–Crippen LogP) is 5.69. The van der Waals surface area contributed by atoms with Gasteiger partial charge in [-0.3, -0.25) is 0 Å². The summed E-state index contributed by atoms with van der Waals surface area (Å²) in [7, 11) is 0. The molecule has 0 radical (unpaired) electrons. The van der Waals surface area contributed by atoms with E-state index in [-0.39, 0.29) is 11.3 Å². The van der Waals surface area contributed by atoms with Crippen molar-refractivity contribution in [3.8, 4) is 16.9 Å². The summed E-state index contributed by atoms with van der Waals surface area (Å²) in [5, 5.41) is 0. The van der Waals surface area contributed by atoms with E-state index in [1.165, 1.54) is 37.3 Å². The summed E-state index contributed by atoms with van der Waals surface area (Å²) in [6, 6.07) is 10.9. The van der Waals surface area contributed by atoms with Crippen molar-refractivity contribution in [3.63, 3.8) is 0 Å². The Bertz CT molecular complexity index is 643. The van der Waals surface area contributed by atoms with Gasteiger partial charge in [0.15, 0.2) is 11.6 Å². The fourth-order valence-electron chi connectivity index (χ4n) is 3.22. The molecule has 1 aliphatic carbocycles. The summed E-state index contributed by atoms with van der Waals surface area (Å²) >= 11 is 0. The first-order valence-electron chi connectivity index (χ1n) is 7.92. The molecule has 0 heterocycles. The number of hydrogen-bond acceptors (Lipinski definition) is 1. The molecular weight excluding hydrogens is 282 g/mol. The molecule has 2 aromatic rings. The number of hydrogen-bond donors (Lipinski definition) is 0. The Kier molecular flexibility index (Phi) is 4.41. The number of rotatable bonds is 4. The van der Waals surface area contributed by atoms with Gasteiger partial charge >= 0.3 is 0 Å². The van der Waals surface area contributed by atoms with Crippen molar-refractivity contribution < 1.29 is 13.5 Å². The highest BCUT2D eigenvalue weighted by atomic mass is 19.2. The van der Waals surface area contributed by atoms with Crippen molar-refractivity contribution >= 4 is 0 Å². The Hall–Kier alpha value is -1.90. The van der Waals surface area contributed by atoms with Crippen LogP contribution in [0.25, 0.3) is 11.1 Å². The average molecular weight is 302 g/mol. The molecule has 0 atom stereocenters. The van der Waals surface area contributed by atoms with E-state index in [9.17, 15) is 8.78 Å². The summed E-state index contributed by atoms with van der Waals surface area (Å²) in [6.45, 7) is 2.05. The van der Waals surface area contributed by atoms with Gasteiger partial charge in [0.05, 0.1) is 6.61 Å². The molecule has 1 saturated carbocycles. The van der Waals surface area contributed by atoms with Crippen LogP contribution in [0.15, 0.2) is 36.4 Å². The van der Waals surface area contributed by atoms with E-state index in [1.54, 1.807) is 13.0 Å². The maximum absolute atomic E-state index is 14.2. The lowest BCUT2D eigenvalue weighted by molar-refractivity contribution is 0.314. The van der Waals surface area contributed by atoms with Gasteiger partial charge in [0.25, 0.3) is 0 Å². The smallest absolute Gasteiger partial charge is 0.201 e. The molecule has 0 spiro atoms. The molecule has 0 N–H and O–H groups in total. The van der Waals surface area contributed by atoms with Crippen LogP contribution < -0.4 is 4.74 Å². The summed E-state index contributed by atoms with van der Waals surface area (Å²) < 4.78 is 33.3. The lowest BCUT2D eigenvalue weighted by Gasteiger charge is -2.12. The molecule has 0 aromatic heterocycles. The highest BCUT2D eigenvalue weighted by Crippen LogP contribution is 2.36. The minimum absolute atomic E-state index is 0.0358. The normalized spacial score (nSPS) is 15.2. The molecule has 0 bridgehead atoms. The Labute approximate surface area is 129 Å². The third-order valence-corrected chi connectivity index (χ3v) is 4.39. The number of ether oxygens (including phenoxy) is 1. The third kappa shape index (κ3) is 2.85. The molecule has 0 aliphatic heterocycles. The molecule has 22 heavy (non-hydrogen) atoms. The molecule has 3 heteroatoms. The van der Waals surface area contributed by atoms with Crippen molar-refractivity contribution in [1.29, 1.82) is 0 Å². The van der Waals surface area contributed by atoms with Crippen molar-refractivity contribution in [2.24, 2.45) is 0 Å². The largest absolute Gasteiger partial charge is 0.491 e. The molecule has 3 rings (SSSR count). The van der Waals surface area contributed by atoms with Gasteiger partial charge in [-0.05, 0) is 48.9 Å². The molecule has 1 aliphatic rings. The summed E-state index contributed by atoms with van der Waals surface area (Å²) in [4.78, 5) is 0. The van der Waals surface area contributed by atoms with Crippen LogP contribution in [-0.2, 0) is 0 Å². The fourth-order valence-corrected chi connectivity index (χ4v) is 3.22. The lowest BCUT2D eigenvalue weighted by atomic mass is 9.95. The highest BCUT2D eigenvalue weighted by molar-refractivity contribution is 5.65. The molecule has 1 fully saturated rings. The summed E-state index contributed by atoms with van der Waals surface area (Å²) in [5.74, 6) is -1.18. The van der Waals surface area contributed by atoms with Gasteiger partial charge in [-0.2, -0.15) is 4.39 Å². The Morgan fingerprint density at radius 1 is 0.955 bits per heavy atom. The number of benzene rings is 2. The van der Waals surface area contributed by atoms with E-state index in [4.69, 9.17) is 4.74 Å². The van der Waals surface area contributed by atoms with Gasteiger partial charge < -0.3 is 4.74 Å². The van der Waals surface area contributed by atoms with E-state index >= 15 is 0 Å². The van der Waals surface area contributed by atoms with Gasteiger partial charge in [-0.1, -0.05) is 37.1 Å². The molecule has 1 nitrogen and oxygen atoms in total. The van der Waals surface area contributed by atoms with E-state index in [0.29, 0.717) is 18.1 Å². The van der Waals surface area contributed by atoms with Gasteiger partial charge in [0, 0.05) is 5.56 Å². The van der Waals surface area contributed by atoms with Crippen molar-refractivity contribution in [3.05, 3.63) is 53.6 Å². The van der Waals surface area contributed by atoms with Gasteiger partial charge in [-0.25, -0.2) is 4.39 Å². The van der Waals surface area contributed by atoms with Crippen LogP contribution >= 0.6 is 0 Å². The first-order valence-corrected chi connectivity index (χ1v) is 7.92. The Balaban J connectivity index is 1.89. The van der Waals surface area contributed by atoms with Crippen LogP contribution in [-0.4, -0.2) is 6.61 Å². The minimum atomic E-state index is -0.917. The van der Waals surface area contributed by atoms with Crippen LogP contribution in [0.4, 0.5) is 8.78 Å². The fraction of sp³-hybridized carbons (Fsp3) is 0.368. The van der Waals surface area contributed by atoms with E-state index in [2.05, 4.69) is 0 Å². The van der Waals surface area contributed by atoms with Crippen LogP contribution in [0, 0.1) is 11.6 Å². The van der Waals surface area contributed by atoms with E-state index in [1.807, 2.05) is 24.3 Å². The average Bonchev–Trinajstić information content (AvgIpc) is 3.07. The maximum Gasteiger partial charge on any atom is 0.201 e. The quantitative estimate of drug-likeness (QED) is 0.705. The second kappa shape index (κ2) is 6.47. The van der Waals surface area contributed by atoms with Gasteiger partial charge in [-0.15, -0.1) is 0 Å². The second-order valence-electron chi connectivity index (χ2n) is 5.78. The first kappa shape index (κ1) is 15.0. The molecule has 0 unspecified atom stereocenters. The van der Waals surface area contributed by atoms with Crippen molar-refractivity contribution in [2.75, 3.05) is 6.61 Å². The predicted molar refractivity (Wildman–Crippen MR) is 84.2 cm³/mol. The van der Waals surface area contributed by atoms with Gasteiger partial charge in [0.1, 0.15) is 0 Å². The van der Waals surface area contributed by atoms with E-state index < -0.39 is 11.6 Å². The molecule has 0 saturated heterocycles. The van der Waals surface area contributed by atoms with E-state index in [0.717, 1.165) is 0 Å². The molecule has 116 valence electrons. The highest BCUT2D eigenvalue weighted by Gasteiger charge is 2.18. The molecular formula is C19H20F2O. The monoisotopic (exact) mass is 302 g/mol. The van der Waals surface area contributed by atoms with Crippen LogP contribution in [0.2, 0.25) is 0 Å². The Morgan fingerprint density at radius 2 is 1.64 bits per heavy atom. The minimum Gasteiger partial charge on any atom is -0.491 e. The van der Waals surface area contributed by atoms with Crippen LogP contribution in [0.3, 0.4) is 0 Å². The molecule has 0 amide bonds. The van der Waals surface area contributed by atoms with Gasteiger partial charge in [0.2, 0.25) is 5.82 Å². The Morgan fingerprint density at radius 3 is 2.27 bits per heavy atom. The van der Waals surface area contributed by atoms with Crippen LogP contribution in [0.5, 0.6) is 5.75 Å². The topological polar surface area (TPSA) is 9.23 Å². The maximum atomic E-state index is 14.2. The second-order valence-corrected chi connectivity index (χ2v) is 5.78. The lowest BCUT2D eigenvalue weighted by Crippen LogP contribution is -1.99. The first-order chi connectivity index (χ1) is 10.7.